The van der Waals surface area contributed by atoms with Crippen LogP contribution < -0.4 is 18.9 Å². The zero-order chi connectivity index (χ0) is 45.6. The summed E-state index contributed by atoms with van der Waals surface area (Å²) in [5.74, 6) is -4.84. The Hall–Kier alpha value is -7.30. The summed E-state index contributed by atoms with van der Waals surface area (Å²) in [6.45, 7) is 7.96. The summed E-state index contributed by atoms with van der Waals surface area (Å²) in [4.78, 5) is 73.4. The third-order valence-electron chi connectivity index (χ3n) is 10.4. The summed E-state index contributed by atoms with van der Waals surface area (Å²) in [7, 11) is 0. The number of hydrogen-bond donors (Lipinski definition) is 2. The number of benzene rings is 4. The second kappa shape index (κ2) is 22.2. The number of fused-ring (bicyclic) bond motifs is 1. The number of esters is 4. The fourth-order valence-corrected chi connectivity index (χ4v) is 7.20. The maximum absolute atomic E-state index is 13.2. The Labute approximate surface area is 367 Å². The molecule has 2 aliphatic heterocycles. The van der Waals surface area contributed by atoms with Crippen LogP contribution in [0.5, 0.6) is 23.0 Å². The van der Waals surface area contributed by atoms with Gasteiger partial charge in [-0.3, -0.25) is 0 Å². The predicted molar refractivity (Wildman–Crippen MR) is 226 cm³/mol. The minimum Gasteiger partial charge on any atom is -0.494 e. The molecule has 6 rings (SSSR count). The van der Waals surface area contributed by atoms with Crippen LogP contribution in [-0.4, -0.2) is 97.9 Å². The highest BCUT2D eigenvalue weighted by molar-refractivity contribution is 5.93. The number of carboxylic acids is 2. The average Bonchev–Trinajstić information content (AvgIpc) is 3.91. The number of rotatable bonds is 22. The van der Waals surface area contributed by atoms with Crippen molar-refractivity contribution in [1.29, 1.82) is 0 Å². The van der Waals surface area contributed by atoms with Gasteiger partial charge in [0.2, 0.25) is 0 Å². The van der Waals surface area contributed by atoms with E-state index >= 15 is 0 Å². The first-order valence-corrected chi connectivity index (χ1v) is 20.4. The van der Waals surface area contributed by atoms with Gasteiger partial charge in [-0.05, 0) is 122 Å². The molecule has 4 aromatic carbocycles. The molecule has 0 spiro atoms. The third kappa shape index (κ3) is 12.0. The Morgan fingerprint density at radius 1 is 0.531 bits per heavy atom. The van der Waals surface area contributed by atoms with Crippen molar-refractivity contribution < 1.29 is 76.9 Å². The van der Waals surface area contributed by atoms with Crippen LogP contribution in [0.25, 0.3) is 0 Å². The normalized spacial score (nSPS) is 17.3. The van der Waals surface area contributed by atoms with Crippen molar-refractivity contribution in [3.05, 3.63) is 144 Å². The summed E-state index contributed by atoms with van der Waals surface area (Å²) < 4.78 is 45.0. The minimum absolute atomic E-state index is 0.0207. The van der Waals surface area contributed by atoms with Crippen LogP contribution in [0.2, 0.25) is 0 Å². The summed E-state index contributed by atoms with van der Waals surface area (Å²) in [6, 6.07) is 21.0. The van der Waals surface area contributed by atoms with Gasteiger partial charge in [0.05, 0.1) is 74.1 Å². The molecule has 2 aliphatic rings. The van der Waals surface area contributed by atoms with Gasteiger partial charge < -0.3 is 48.1 Å². The minimum atomic E-state index is -1.22. The van der Waals surface area contributed by atoms with Gasteiger partial charge in [0.25, 0.3) is 0 Å². The van der Waals surface area contributed by atoms with Gasteiger partial charge in [0.15, 0.2) is 0 Å². The van der Waals surface area contributed by atoms with Gasteiger partial charge >= 0.3 is 35.8 Å². The number of aromatic carboxylic acids is 2. The molecule has 2 heterocycles. The Bertz CT molecular complexity index is 2190. The largest absolute Gasteiger partial charge is 0.494 e. The predicted octanol–water partition coefficient (Wildman–Crippen LogP) is 6.96. The van der Waals surface area contributed by atoms with E-state index in [0.717, 1.165) is 12.2 Å². The van der Waals surface area contributed by atoms with E-state index in [2.05, 4.69) is 13.2 Å². The lowest BCUT2D eigenvalue weighted by Gasteiger charge is -2.20. The Morgan fingerprint density at radius 2 is 0.891 bits per heavy atom. The quantitative estimate of drug-likeness (QED) is 0.0353. The first-order chi connectivity index (χ1) is 30.9. The molecule has 0 radical (unpaired) electrons. The summed E-state index contributed by atoms with van der Waals surface area (Å²) in [5.41, 5.74) is 0.948. The molecule has 16 nitrogen and oxygen atoms in total. The molecule has 0 bridgehead atoms. The highest BCUT2D eigenvalue weighted by Gasteiger charge is 2.50. The van der Waals surface area contributed by atoms with Gasteiger partial charge in [-0.25, -0.2) is 28.8 Å². The molecule has 64 heavy (non-hydrogen) atoms. The van der Waals surface area contributed by atoms with Gasteiger partial charge in [0, 0.05) is 24.0 Å². The van der Waals surface area contributed by atoms with E-state index < -0.39 is 59.9 Å². The summed E-state index contributed by atoms with van der Waals surface area (Å²) in [6.07, 6.45) is 3.26. The standard InChI is InChI=1S/C48H46O16/c1-3-41(49)59-23-7-5-21-57-31-13-9-29(10-14-31)47(55)63-33-17-19-35(45(51)52)37(25-33)39-27-61-44-40(28-62-43(39)44)38-26-34(18-20-36(38)46(53)54)64-48(56)30-11-15-32(16-12-30)58-22-6-8-24-60-42(50)4-2/h3-4,9-20,25-26,39-40,43-44H,1-2,5-8,21-24,27-28H2,(H,51,52)(H,53,54)/t39-,40-,43+,44+/m0/s1. The van der Waals surface area contributed by atoms with Crippen molar-refractivity contribution in [1.82, 2.24) is 0 Å². The van der Waals surface area contributed by atoms with E-state index in [4.69, 9.17) is 37.9 Å². The molecule has 0 saturated carbocycles. The monoisotopic (exact) mass is 878 g/mol. The molecular weight excluding hydrogens is 833 g/mol. The van der Waals surface area contributed by atoms with E-state index in [1.807, 2.05) is 0 Å². The third-order valence-corrected chi connectivity index (χ3v) is 10.4. The molecule has 0 unspecified atom stereocenters. The summed E-state index contributed by atoms with van der Waals surface area (Å²) in [5, 5.41) is 20.3. The van der Waals surface area contributed by atoms with Crippen molar-refractivity contribution in [3.63, 3.8) is 0 Å². The smallest absolute Gasteiger partial charge is 0.343 e. The van der Waals surface area contributed by atoms with E-state index in [0.29, 0.717) is 61.5 Å². The highest BCUT2D eigenvalue weighted by Crippen LogP contribution is 2.46. The lowest BCUT2D eigenvalue weighted by molar-refractivity contribution is -0.138. The second-order valence-electron chi connectivity index (χ2n) is 14.6. The molecule has 2 fully saturated rings. The van der Waals surface area contributed by atoms with Crippen LogP contribution in [0.3, 0.4) is 0 Å². The molecule has 4 aromatic rings. The second-order valence-corrected chi connectivity index (χ2v) is 14.6. The molecule has 0 aliphatic carbocycles. The fourth-order valence-electron chi connectivity index (χ4n) is 7.20. The Kier molecular flexibility index (Phi) is 16.0. The van der Waals surface area contributed by atoms with Crippen LogP contribution in [0.15, 0.2) is 110 Å². The number of carbonyl (C=O) groups excluding carboxylic acids is 4. The summed E-state index contributed by atoms with van der Waals surface area (Å²) >= 11 is 0. The average molecular weight is 879 g/mol. The van der Waals surface area contributed by atoms with Crippen molar-refractivity contribution >= 4 is 35.8 Å². The number of carbonyl (C=O) groups is 6. The van der Waals surface area contributed by atoms with Crippen LogP contribution in [0.1, 0.15) is 90.1 Å². The zero-order valence-corrected chi connectivity index (χ0v) is 34.6. The van der Waals surface area contributed by atoms with Gasteiger partial charge in [-0.1, -0.05) is 13.2 Å². The molecule has 0 aromatic heterocycles. The van der Waals surface area contributed by atoms with E-state index in [9.17, 15) is 39.0 Å². The molecule has 2 N–H and O–H groups in total. The van der Waals surface area contributed by atoms with Crippen LogP contribution in [0, 0.1) is 0 Å². The number of hydrogen-bond acceptors (Lipinski definition) is 14. The number of ether oxygens (including phenoxy) is 8. The first-order valence-electron chi connectivity index (χ1n) is 20.4. The lowest BCUT2D eigenvalue weighted by atomic mass is 9.84. The Morgan fingerprint density at radius 3 is 1.25 bits per heavy atom. The van der Waals surface area contributed by atoms with E-state index in [1.54, 1.807) is 24.3 Å². The SMILES string of the molecule is C=CC(=O)OCCCCOc1ccc(C(=O)Oc2ccc(C(=O)O)c([C@@H]3CO[C@H]4[C@@H]3OC[C@H]4c3cc(OC(=O)c4ccc(OCCCCOC(=O)C=C)cc4)ccc3C(=O)O)c2)cc1. The molecule has 2 saturated heterocycles. The van der Waals surface area contributed by atoms with Crippen molar-refractivity contribution in [2.24, 2.45) is 0 Å². The molecule has 4 atom stereocenters. The maximum atomic E-state index is 13.2. The van der Waals surface area contributed by atoms with Crippen LogP contribution in [0.4, 0.5) is 0 Å². The number of carboxylic acid groups (broad SMARTS) is 2. The fraction of sp³-hybridized carbons (Fsp3) is 0.292. The van der Waals surface area contributed by atoms with Gasteiger partial charge in [0.1, 0.15) is 23.0 Å². The van der Waals surface area contributed by atoms with Crippen molar-refractivity contribution in [3.8, 4) is 23.0 Å². The molecule has 16 heteroatoms. The van der Waals surface area contributed by atoms with E-state index in [-0.39, 0.29) is 60.2 Å². The Balaban J connectivity index is 1.07. The lowest BCUT2D eigenvalue weighted by Crippen LogP contribution is -2.26. The van der Waals surface area contributed by atoms with Gasteiger partial charge in [-0.15, -0.1) is 0 Å². The first kappa shape index (κ1) is 46.2. The van der Waals surface area contributed by atoms with Gasteiger partial charge in [-0.2, -0.15) is 0 Å². The van der Waals surface area contributed by atoms with Crippen molar-refractivity contribution in [2.75, 3.05) is 39.6 Å². The van der Waals surface area contributed by atoms with E-state index in [1.165, 1.54) is 60.7 Å². The molecular formula is C48H46O16. The molecule has 0 amide bonds. The van der Waals surface area contributed by atoms with Crippen LogP contribution in [-0.2, 0) is 28.5 Å². The molecule has 334 valence electrons. The topological polar surface area (TPSA) is 217 Å². The maximum Gasteiger partial charge on any atom is 0.343 e. The van der Waals surface area contributed by atoms with Crippen LogP contribution >= 0.6 is 0 Å². The zero-order valence-electron chi connectivity index (χ0n) is 34.6. The highest BCUT2D eigenvalue weighted by atomic mass is 16.6. The van der Waals surface area contributed by atoms with Crippen molar-refractivity contribution in [2.45, 2.75) is 49.7 Å². The number of unbranched alkanes of at least 4 members (excludes halogenated alkanes) is 2.